The average Bonchev–Trinajstić information content (AvgIpc) is 2.89. The van der Waals surface area contributed by atoms with Crippen LogP contribution in [0.15, 0.2) is 36.5 Å². The fourth-order valence-corrected chi connectivity index (χ4v) is 1.56. The molecule has 0 aliphatic carbocycles. The van der Waals surface area contributed by atoms with Crippen LogP contribution in [0.2, 0.25) is 0 Å². The maximum absolute atomic E-state index is 12.0. The molecule has 0 radical (unpaired) electrons. The molecule has 20 heavy (non-hydrogen) atoms. The van der Waals surface area contributed by atoms with Gasteiger partial charge in [0, 0.05) is 6.20 Å². The molecule has 0 amide bonds. The van der Waals surface area contributed by atoms with Gasteiger partial charge in [-0.1, -0.05) is 0 Å². The third-order valence-electron chi connectivity index (χ3n) is 2.40. The molecule has 0 N–H and O–H groups in total. The van der Waals surface area contributed by atoms with Gasteiger partial charge in [-0.25, -0.2) is 9.48 Å². The number of alkyl halides is 2. The molecule has 0 fully saturated rings. The predicted molar refractivity (Wildman–Crippen MR) is 66.2 cm³/mol. The lowest BCUT2D eigenvalue weighted by atomic mass is 10.3. The molecule has 0 saturated heterocycles. The Hall–Kier alpha value is -2.44. The molecule has 0 spiro atoms. The highest BCUT2D eigenvalue weighted by molar-refractivity contribution is 5.87. The predicted octanol–water partition coefficient (Wildman–Crippen LogP) is 2.65. The highest BCUT2D eigenvalue weighted by Crippen LogP contribution is 2.17. The second kappa shape index (κ2) is 6.14. The molecule has 2 aromatic rings. The smallest absolute Gasteiger partial charge is 0.387 e. The van der Waals surface area contributed by atoms with E-state index >= 15 is 0 Å². The Morgan fingerprint density at radius 1 is 1.30 bits per heavy atom. The Balaban J connectivity index is 2.14. The van der Waals surface area contributed by atoms with Crippen molar-refractivity contribution >= 4 is 5.97 Å². The van der Waals surface area contributed by atoms with Gasteiger partial charge in [0.1, 0.15) is 5.75 Å². The minimum atomic E-state index is -2.86. The fraction of sp³-hybridized carbons (Fsp3) is 0.231. The van der Waals surface area contributed by atoms with Crippen molar-refractivity contribution in [3.8, 4) is 11.4 Å². The summed E-state index contributed by atoms with van der Waals surface area (Å²) in [7, 11) is 0. The SMILES string of the molecule is CCOC(=O)c1ccn(-c2ccc(OC(F)F)cc2)n1. The lowest BCUT2D eigenvalue weighted by Crippen LogP contribution is -2.06. The van der Waals surface area contributed by atoms with Crippen molar-refractivity contribution in [1.82, 2.24) is 9.78 Å². The van der Waals surface area contributed by atoms with Crippen LogP contribution in [0.5, 0.6) is 5.75 Å². The van der Waals surface area contributed by atoms with Crippen LogP contribution in [0.1, 0.15) is 17.4 Å². The molecule has 5 nitrogen and oxygen atoms in total. The average molecular weight is 282 g/mol. The van der Waals surface area contributed by atoms with Crippen LogP contribution in [0.3, 0.4) is 0 Å². The minimum absolute atomic E-state index is 0.0570. The van der Waals surface area contributed by atoms with Crippen LogP contribution in [0.25, 0.3) is 5.69 Å². The number of ether oxygens (including phenoxy) is 2. The van der Waals surface area contributed by atoms with Crippen LogP contribution < -0.4 is 4.74 Å². The van der Waals surface area contributed by atoms with Gasteiger partial charge in [-0.3, -0.25) is 0 Å². The van der Waals surface area contributed by atoms with E-state index in [2.05, 4.69) is 9.84 Å². The van der Waals surface area contributed by atoms with Crippen LogP contribution in [0.4, 0.5) is 8.78 Å². The Bertz CT molecular complexity index is 582. The Labute approximate surface area is 113 Å². The molecule has 1 aromatic carbocycles. The topological polar surface area (TPSA) is 53.4 Å². The number of hydrogen-bond acceptors (Lipinski definition) is 4. The number of esters is 1. The van der Waals surface area contributed by atoms with Crippen molar-refractivity contribution in [2.24, 2.45) is 0 Å². The van der Waals surface area contributed by atoms with Crippen LogP contribution >= 0.6 is 0 Å². The molecule has 7 heteroatoms. The number of benzene rings is 1. The van der Waals surface area contributed by atoms with Gasteiger partial charge in [0.05, 0.1) is 12.3 Å². The van der Waals surface area contributed by atoms with Crippen molar-refractivity contribution in [2.45, 2.75) is 13.5 Å². The molecule has 1 heterocycles. The molecule has 0 bridgehead atoms. The standard InChI is InChI=1S/C13H12F2N2O3/c1-2-19-12(18)11-7-8-17(16-11)9-3-5-10(6-4-9)20-13(14)15/h3-8,13H,2H2,1H3. The van der Waals surface area contributed by atoms with Gasteiger partial charge in [0.25, 0.3) is 0 Å². The number of rotatable bonds is 5. The number of carbonyl (C=O) groups excluding carboxylic acids is 1. The molecular weight excluding hydrogens is 270 g/mol. The largest absolute Gasteiger partial charge is 0.461 e. The highest BCUT2D eigenvalue weighted by atomic mass is 19.3. The second-order valence-electron chi connectivity index (χ2n) is 3.74. The number of halogens is 2. The zero-order chi connectivity index (χ0) is 14.5. The first-order valence-corrected chi connectivity index (χ1v) is 5.88. The van der Waals surface area contributed by atoms with Gasteiger partial charge >= 0.3 is 12.6 Å². The quantitative estimate of drug-likeness (QED) is 0.791. The van der Waals surface area contributed by atoms with Crippen molar-refractivity contribution in [1.29, 1.82) is 0 Å². The maximum atomic E-state index is 12.0. The van der Waals surface area contributed by atoms with Crippen LogP contribution in [-0.4, -0.2) is 29.0 Å². The van der Waals surface area contributed by atoms with E-state index in [1.165, 1.54) is 22.9 Å². The second-order valence-corrected chi connectivity index (χ2v) is 3.74. The molecule has 106 valence electrons. The first-order valence-electron chi connectivity index (χ1n) is 5.88. The van der Waals surface area contributed by atoms with Gasteiger partial charge in [-0.2, -0.15) is 13.9 Å². The third-order valence-corrected chi connectivity index (χ3v) is 2.40. The van der Waals surface area contributed by atoms with E-state index in [9.17, 15) is 13.6 Å². The van der Waals surface area contributed by atoms with Gasteiger partial charge < -0.3 is 9.47 Å². The van der Waals surface area contributed by atoms with E-state index in [0.29, 0.717) is 5.69 Å². The Morgan fingerprint density at radius 3 is 2.60 bits per heavy atom. The van der Waals surface area contributed by atoms with Crippen molar-refractivity contribution in [2.75, 3.05) is 6.61 Å². The monoisotopic (exact) mass is 282 g/mol. The molecule has 1 aromatic heterocycles. The van der Waals surface area contributed by atoms with Crippen LogP contribution in [-0.2, 0) is 4.74 Å². The summed E-state index contributed by atoms with van der Waals surface area (Å²) in [6, 6.07) is 7.42. The van der Waals surface area contributed by atoms with Gasteiger partial charge in [-0.15, -0.1) is 0 Å². The van der Waals surface area contributed by atoms with Gasteiger partial charge in [0.15, 0.2) is 5.69 Å². The number of hydrogen-bond donors (Lipinski definition) is 0. The summed E-state index contributed by atoms with van der Waals surface area (Å²) in [5, 5.41) is 4.04. The van der Waals surface area contributed by atoms with Crippen LogP contribution in [0, 0.1) is 0 Å². The normalized spacial score (nSPS) is 10.6. The zero-order valence-electron chi connectivity index (χ0n) is 10.6. The molecular formula is C13H12F2N2O3. The molecule has 2 rings (SSSR count). The van der Waals surface area contributed by atoms with Crippen molar-refractivity contribution in [3.63, 3.8) is 0 Å². The summed E-state index contributed by atoms with van der Waals surface area (Å²) in [6.07, 6.45) is 1.58. The molecule has 0 saturated carbocycles. The molecule has 0 aliphatic heterocycles. The Morgan fingerprint density at radius 2 is 2.00 bits per heavy atom. The summed E-state index contributed by atoms with van der Waals surface area (Å²) in [5.74, 6) is -0.453. The third kappa shape index (κ3) is 3.31. The molecule has 0 atom stereocenters. The highest BCUT2D eigenvalue weighted by Gasteiger charge is 2.11. The van der Waals surface area contributed by atoms with Gasteiger partial charge in [-0.05, 0) is 37.3 Å². The lowest BCUT2D eigenvalue weighted by molar-refractivity contribution is -0.0498. The number of nitrogens with zero attached hydrogens (tertiary/aromatic N) is 2. The van der Waals surface area contributed by atoms with E-state index in [1.54, 1.807) is 25.3 Å². The fourth-order valence-electron chi connectivity index (χ4n) is 1.56. The number of carbonyl (C=O) groups is 1. The van der Waals surface area contributed by atoms with Crippen molar-refractivity contribution in [3.05, 3.63) is 42.2 Å². The first kappa shape index (κ1) is 14.0. The van der Waals surface area contributed by atoms with E-state index < -0.39 is 12.6 Å². The summed E-state index contributed by atoms with van der Waals surface area (Å²) in [6.45, 7) is -0.886. The Kier molecular flexibility index (Phi) is 4.29. The maximum Gasteiger partial charge on any atom is 0.387 e. The zero-order valence-corrected chi connectivity index (χ0v) is 10.6. The summed E-state index contributed by atoms with van der Waals surface area (Å²) in [5.41, 5.74) is 0.793. The number of aromatic nitrogens is 2. The van der Waals surface area contributed by atoms with E-state index in [4.69, 9.17) is 4.74 Å². The summed E-state index contributed by atoms with van der Waals surface area (Å²) < 4.78 is 34.5. The van der Waals surface area contributed by atoms with E-state index in [-0.39, 0.29) is 18.1 Å². The van der Waals surface area contributed by atoms with E-state index in [1.807, 2.05) is 0 Å². The summed E-state index contributed by atoms with van der Waals surface area (Å²) >= 11 is 0. The van der Waals surface area contributed by atoms with E-state index in [0.717, 1.165) is 0 Å². The lowest BCUT2D eigenvalue weighted by Gasteiger charge is -2.05. The molecule has 0 aliphatic rings. The minimum Gasteiger partial charge on any atom is -0.461 e. The first-order chi connectivity index (χ1) is 9.60. The van der Waals surface area contributed by atoms with Crippen molar-refractivity contribution < 1.29 is 23.0 Å². The molecule has 0 unspecified atom stereocenters. The van der Waals surface area contributed by atoms with Gasteiger partial charge in [0.2, 0.25) is 0 Å². The summed E-state index contributed by atoms with van der Waals surface area (Å²) in [4.78, 5) is 11.5.